The molecule has 5 heteroatoms. The maximum atomic E-state index is 13.2. The third-order valence-corrected chi connectivity index (χ3v) is 4.74. The van der Waals surface area contributed by atoms with E-state index in [1.807, 2.05) is 20.8 Å². The maximum absolute atomic E-state index is 13.2. The first-order chi connectivity index (χ1) is 10.9. The molecule has 0 unspecified atom stereocenters. The SMILES string of the molecule is C=C(C)Cn1c(C)nc2sc(C)c(-c3ccc(F)cc3)c2c1=O. The summed E-state index contributed by atoms with van der Waals surface area (Å²) in [4.78, 5) is 19.3. The van der Waals surface area contributed by atoms with Gasteiger partial charge in [-0.3, -0.25) is 9.36 Å². The number of thiophene rings is 1. The highest BCUT2D eigenvalue weighted by molar-refractivity contribution is 7.19. The van der Waals surface area contributed by atoms with Gasteiger partial charge in [0.1, 0.15) is 16.5 Å². The number of allylic oxidation sites excluding steroid dienone is 1. The fourth-order valence-electron chi connectivity index (χ4n) is 2.72. The van der Waals surface area contributed by atoms with Gasteiger partial charge >= 0.3 is 0 Å². The van der Waals surface area contributed by atoms with Crippen molar-refractivity contribution in [3.8, 4) is 11.1 Å². The predicted molar refractivity (Wildman–Crippen MR) is 93.6 cm³/mol. The third kappa shape index (κ3) is 2.72. The summed E-state index contributed by atoms with van der Waals surface area (Å²) in [5.74, 6) is 0.386. The van der Waals surface area contributed by atoms with Crippen molar-refractivity contribution < 1.29 is 4.39 Å². The molecule has 0 aliphatic heterocycles. The summed E-state index contributed by atoms with van der Waals surface area (Å²) in [7, 11) is 0. The van der Waals surface area contributed by atoms with Crippen LogP contribution in [-0.2, 0) is 6.54 Å². The third-order valence-electron chi connectivity index (χ3n) is 3.74. The Balaban J connectivity index is 2.34. The normalized spacial score (nSPS) is 11.1. The zero-order chi connectivity index (χ0) is 16.7. The van der Waals surface area contributed by atoms with Crippen molar-refractivity contribution >= 4 is 21.6 Å². The molecule has 2 heterocycles. The van der Waals surface area contributed by atoms with Gasteiger partial charge in [0.25, 0.3) is 5.56 Å². The quantitative estimate of drug-likeness (QED) is 0.666. The number of rotatable bonds is 3. The zero-order valence-electron chi connectivity index (χ0n) is 13.3. The lowest BCUT2D eigenvalue weighted by atomic mass is 10.0. The van der Waals surface area contributed by atoms with Crippen LogP contribution in [0.3, 0.4) is 0 Å². The van der Waals surface area contributed by atoms with Crippen molar-refractivity contribution in [3.05, 3.63) is 63.3 Å². The zero-order valence-corrected chi connectivity index (χ0v) is 14.1. The van der Waals surface area contributed by atoms with Crippen LogP contribution in [0.5, 0.6) is 0 Å². The van der Waals surface area contributed by atoms with Crippen molar-refractivity contribution in [1.82, 2.24) is 9.55 Å². The molecule has 3 rings (SSSR count). The van der Waals surface area contributed by atoms with Gasteiger partial charge in [-0.25, -0.2) is 9.37 Å². The fraction of sp³-hybridized carbons (Fsp3) is 0.222. The van der Waals surface area contributed by atoms with Crippen molar-refractivity contribution in [2.45, 2.75) is 27.3 Å². The molecule has 2 aromatic heterocycles. The first-order valence-corrected chi connectivity index (χ1v) is 8.11. The Bertz CT molecular complexity index is 967. The minimum atomic E-state index is -0.292. The molecular formula is C18H17FN2OS. The van der Waals surface area contributed by atoms with Gasteiger partial charge < -0.3 is 0 Å². The topological polar surface area (TPSA) is 34.9 Å². The first kappa shape index (κ1) is 15.6. The molecule has 0 radical (unpaired) electrons. The molecule has 0 N–H and O–H groups in total. The van der Waals surface area contributed by atoms with Crippen LogP contribution in [0, 0.1) is 19.7 Å². The minimum absolute atomic E-state index is 0.0702. The van der Waals surface area contributed by atoms with Crippen molar-refractivity contribution in [3.63, 3.8) is 0 Å². The van der Waals surface area contributed by atoms with Crippen LogP contribution < -0.4 is 5.56 Å². The molecule has 0 spiro atoms. The van der Waals surface area contributed by atoms with Gasteiger partial charge in [0.15, 0.2) is 0 Å². The molecule has 3 aromatic rings. The molecule has 118 valence electrons. The second-order valence-electron chi connectivity index (χ2n) is 5.73. The van der Waals surface area contributed by atoms with Gasteiger partial charge in [-0.1, -0.05) is 24.3 Å². The highest BCUT2D eigenvalue weighted by Gasteiger charge is 2.18. The lowest BCUT2D eigenvalue weighted by molar-refractivity contribution is 0.628. The van der Waals surface area contributed by atoms with E-state index in [1.54, 1.807) is 16.7 Å². The van der Waals surface area contributed by atoms with Gasteiger partial charge in [0, 0.05) is 17.0 Å². The van der Waals surface area contributed by atoms with Gasteiger partial charge in [-0.2, -0.15) is 0 Å². The van der Waals surface area contributed by atoms with Gasteiger partial charge in [-0.05, 0) is 38.5 Å². The van der Waals surface area contributed by atoms with Gasteiger partial charge in [0.2, 0.25) is 0 Å². The van der Waals surface area contributed by atoms with E-state index in [-0.39, 0.29) is 11.4 Å². The summed E-state index contributed by atoms with van der Waals surface area (Å²) in [5.41, 5.74) is 2.50. The number of hydrogen-bond acceptors (Lipinski definition) is 3. The Hall–Kier alpha value is -2.27. The standard InChI is InChI=1S/C18H17FN2OS/c1-10(2)9-21-12(4)20-17-16(18(21)22)15(11(3)23-17)13-5-7-14(19)8-6-13/h5-8H,1,9H2,2-4H3. The molecular weight excluding hydrogens is 311 g/mol. The smallest absolute Gasteiger partial charge is 0.263 e. The largest absolute Gasteiger partial charge is 0.292 e. The number of aryl methyl sites for hydroxylation is 2. The van der Waals surface area contributed by atoms with Crippen LogP contribution in [0.15, 0.2) is 41.2 Å². The second kappa shape index (κ2) is 5.74. The first-order valence-electron chi connectivity index (χ1n) is 7.29. The molecule has 0 fully saturated rings. The highest BCUT2D eigenvalue weighted by Crippen LogP contribution is 2.35. The predicted octanol–water partition coefficient (Wildman–Crippen LogP) is 4.46. The Morgan fingerprint density at radius 2 is 1.96 bits per heavy atom. The molecule has 0 aliphatic rings. The average Bonchev–Trinajstić information content (AvgIpc) is 2.80. The summed E-state index contributed by atoms with van der Waals surface area (Å²) >= 11 is 1.49. The minimum Gasteiger partial charge on any atom is -0.292 e. The van der Waals surface area contributed by atoms with Crippen molar-refractivity contribution in [2.75, 3.05) is 0 Å². The summed E-state index contributed by atoms with van der Waals surface area (Å²) in [6.07, 6.45) is 0. The van der Waals surface area contributed by atoms with Crippen LogP contribution in [0.1, 0.15) is 17.6 Å². The molecule has 23 heavy (non-hydrogen) atoms. The van der Waals surface area contributed by atoms with E-state index in [4.69, 9.17) is 0 Å². The Labute approximate surface area is 137 Å². The molecule has 0 bridgehead atoms. The summed E-state index contributed by atoms with van der Waals surface area (Å²) in [6, 6.07) is 6.22. The van der Waals surface area contributed by atoms with Gasteiger partial charge in [-0.15, -0.1) is 11.3 Å². The van der Waals surface area contributed by atoms with E-state index in [0.717, 1.165) is 26.4 Å². The van der Waals surface area contributed by atoms with Crippen LogP contribution in [0.4, 0.5) is 4.39 Å². The molecule has 0 saturated carbocycles. The monoisotopic (exact) mass is 328 g/mol. The maximum Gasteiger partial charge on any atom is 0.263 e. The van der Waals surface area contributed by atoms with E-state index >= 15 is 0 Å². The van der Waals surface area contributed by atoms with E-state index < -0.39 is 0 Å². The summed E-state index contributed by atoms with van der Waals surface area (Å²) in [6.45, 7) is 10.0. The van der Waals surface area contributed by atoms with Gasteiger partial charge in [0.05, 0.1) is 5.39 Å². The van der Waals surface area contributed by atoms with Crippen molar-refractivity contribution in [2.24, 2.45) is 0 Å². The number of hydrogen-bond donors (Lipinski definition) is 0. The number of benzene rings is 1. The lowest BCUT2D eigenvalue weighted by Crippen LogP contribution is -2.24. The number of halogens is 1. The van der Waals surface area contributed by atoms with Crippen molar-refractivity contribution in [1.29, 1.82) is 0 Å². The second-order valence-corrected chi connectivity index (χ2v) is 6.93. The molecule has 3 nitrogen and oxygen atoms in total. The number of fused-ring (bicyclic) bond motifs is 1. The van der Waals surface area contributed by atoms with E-state index in [9.17, 15) is 9.18 Å². The molecule has 1 aromatic carbocycles. The molecule has 0 aliphatic carbocycles. The van der Waals surface area contributed by atoms with E-state index in [1.165, 1.54) is 23.5 Å². The lowest BCUT2D eigenvalue weighted by Gasteiger charge is -2.10. The Morgan fingerprint density at radius 3 is 2.57 bits per heavy atom. The number of nitrogens with zero attached hydrogens (tertiary/aromatic N) is 2. The highest BCUT2D eigenvalue weighted by atomic mass is 32.1. The molecule has 0 amide bonds. The molecule has 0 saturated heterocycles. The van der Waals surface area contributed by atoms with Crippen LogP contribution in [0.2, 0.25) is 0 Å². The van der Waals surface area contributed by atoms with E-state index in [0.29, 0.717) is 17.8 Å². The van der Waals surface area contributed by atoms with Crippen LogP contribution >= 0.6 is 11.3 Å². The van der Waals surface area contributed by atoms with Crippen LogP contribution in [0.25, 0.3) is 21.3 Å². The Morgan fingerprint density at radius 1 is 1.30 bits per heavy atom. The summed E-state index contributed by atoms with van der Waals surface area (Å²) < 4.78 is 14.8. The number of aromatic nitrogens is 2. The van der Waals surface area contributed by atoms with Crippen LogP contribution in [-0.4, -0.2) is 9.55 Å². The van der Waals surface area contributed by atoms with E-state index in [2.05, 4.69) is 11.6 Å². The fourth-order valence-corrected chi connectivity index (χ4v) is 3.80. The molecule has 0 atom stereocenters. The summed E-state index contributed by atoms with van der Waals surface area (Å²) in [5, 5.41) is 0.603. The Kier molecular flexibility index (Phi) is 3.90. The average molecular weight is 328 g/mol.